The first-order valence-corrected chi connectivity index (χ1v) is 4.26. The minimum Gasteiger partial charge on any atom is -0.353 e. The van der Waals surface area contributed by atoms with Gasteiger partial charge in [0, 0.05) is 5.88 Å². The third-order valence-electron chi connectivity index (χ3n) is 1.47. The lowest BCUT2D eigenvalue weighted by Gasteiger charge is -2.22. The number of rotatable bonds is 3. The summed E-state index contributed by atoms with van der Waals surface area (Å²) in [5, 5.41) is 0. The molecule has 1 heterocycles. The minimum atomic E-state index is 0.0208. The Morgan fingerprint density at radius 3 is 2.60 bits per heavy atom. The Kier molecular flexibility index (Phi) is 4.10. The van der Waals surface area contributed by atoms with E-state index in [1.165, 1.54) is 0 Å². The molecule has 0 unspecified atom stereocenters. The van der Waals surface area contributed by atoms with Crippen molar-refractivity contribution in [3.63, 3.8) is 0 Å². The Hall–Kier alpha value is 0.210. The second-order valence-corrected chi connectivity index (χ2v) is 2.73. The van der Waals surface area contributed by atoms with Gasteiger partial charge >= 0.3 is 0 Å². The normalized spacial score (nSPS) is 21.3. The Labute approximate surface area is 66.5 Å². The van der Waals surface area contributed by atoms with Gasteiger partial charge in [0.15, 0.2) is 6.29 Å². The maximum Gasteiger partial charge on any atom is 0.157 e. The van der Waals surface area contributed by atoms with E-state index in [0.717, 1.165) is 32.5 Å². The van der Waals surface area contributed by atoms with Crippen LogP contribution in [0.1, 0.15) is 19.3 Å². The van der Waals surface area contributed by atoms with E-state index >= 15 is 0 Å². The fraction of sp³-hybridized carbons (Fsp3) is 1.00. The maximum atomic E-state index is 5.51. The molecule has 2 nitrogen and oxygen atoms in total. The summed E-state index contributed by atoms with van der Waals surface area (Å²) in [5.74, 6) is 0.698. The van der Waals surface area contributed by atoms with Crippen molar-refractivity contribution in [3.05, 3.63) is 0 Å². The van der Waals surface area contributed by atoms with Gasteiger partial charge in [-0.1, -0.05) is 0 Å². The molecule has 0 aromatic carbocycles. The van der Waals surface area contributed by atoms with Crippen LogP contribution in [0.5, 0.6) is 0 Å². The molecule has 0 atom stereocenters. The van der Waals surface area contributed by atoms with E-state index in [2.05, 4.69) is 0 Å². The molecule has 1 saturated heterocycles. The lowest BCUT2D eigenvalue weighted by molar-refractivity contribution is -0.181. The van der Waals surface area contributed by atoms with Gasteiger partial charge in [0.25, 0.3) is 0 Å². The first kappa shape index (κ1) is 8.31. The second-order valence-electron chi connectivity index (χ2n) is 2.36. The molecule has 0 aromatic rings. The van der Waals surface area contributed by atoms with E-state index in [-0.39, 0.29) is 6.29 Å². The van der Waals surface area contributed by atoms with Crippen LogP contribution in [0.3, 0.4) is 0 Å². The summed E-state index contributed by atoms with van der Waals surface area (Å²) < 4.78 is 10.6. The van der Waals surface area contributed by atoms with Crippen LogP contribution in [-0.4, -0.2) is 25.4 Å². The largest absolute Gasteiger partial charge is 0.353 e. The van der Waals surface area contributed by atoms with Gasteiger partial charge in [-0.3, -0.25) is 0 Å². The van der Waals surface area contributed by atoms with Gasteiger partial charge in [0.1, 0.15) is 0 Å². The molecular formula is C7H13ClO2. The van der Waals surface area contributed by atoms with Crippen LogP contribution in [0.25, 0.3) is 0 Å². The summed E-state index contributed by atoms with van der Waals surface area (Å²) in [5.41, 5.74) is 0. The van der Waals surface area contributed by atoms with Crippen LogP contribution in [0, 0.1) is 0 Å². The van der Waals surface area contributed by atoms with Crippen LogP contribution >= 0.6 is 11.6 Å². The Bertz CT molecular complexity index is 81.7. The van der Waals surface area contributed by atoms with E-state index in [0.29, 0.717) is 5.88 Å². The molecule has 0 radical (unpaired) electrons. The summed E-state index contributed by atoms with van der Waals surface area (Å²) >= 11 is 5.51. The van der Waals surface area contributed by atoms with Crippen LogP contribution in [0.4, 0.5) is 0 Å². The highest BCUT2D eigenvalue weighted by Gasteiger charge is 2.12. The first-order chi connectivity index (χ1) is 4.93. The summed E-state index contributed by atoms with van der Waals surface area (Å²) in [6, 6.07) is 0. The maximum absolute atomic E-state index is 5.51. The van der Waals surface area contributed by atoms with Crippen LogP contribution in [0.15, 0.2) is 0 Å². The third kappa shape index (κ3) is 2.86. The van der Waals surface area contributed by atoms with Crippen molar-refractivity contribution < 1.29 is 9.47 Å². The number of hydrogen-bond acceptors (Lipinski definition) is 2. The van der Waals surface area contributed by atoms with Crippen molar-refractivity contribution in [2.45, 2.75) is 25.6 Å². The molecule has 0 spiro atoms. The quantitative estimate of drug-likeness (QED) is 0.592. The Morgan fingerprint density at radius 1 is 1.30 bits per heavy atom. The number of halogens is 1. The fourth-order valence-corrected chi connectivity index (χ4v) is 1.10. The Morgan fingerprint density at radius 2 is 2.00 bits per heavy atom. The van der Waals surface area contributed by atoms with Gasteiger partial charge < -0.3 is 9.47 Å². The highest BCUT2D eigenvalue weighted by atomic mass is 35.5. The molecule has 0 bridgehead atoms. The smallest absolute Gasteiger partial charge is 0.157 e. The highest BCUT2D eigenvalue weighted by Crippen LogP contribution is 2.10. The lowest BCUT2D eigenvalue weighted by Crippen LogP contribution is -2.24. The number of hydrogen-bond donors (Lipinski definition) is 0. The zero-order valence-electron chi connectivity index (χ0n) is 6.01. The minimum absolute atomic E-state index is 0.0208. The average Bonchev–Trinajstić information content (AvgIpc) is 2.03. The lowest BCUT2D eigenvalue weighted by atomic mass is 10.3. The average molecular weight is 165 g/mol. The van der Waals surface area contributed by atoms with Crippen molar-refractivity contribution in [1.29, 1.82) is 0 Å². The Balaban J connectivity index is 2.02. The van der Waals surface area contributed by atoms with Crippen molar-refractivity contribution in [2.75, 3.05) is 19.1 Å². The van der Waals surface area contributed by atoms with Gasteiger partial charge in [-0.15, -0.1) is 11.6 Å². The van der Waals surface area contributed by atoms with E-state index < -0.39 is 0 Å². The molecule has 1 rings (SSSR count). The van der Waals surface area contributed by atoms with E-state index in [1.54, 1.807) is 0 Å². The summed E-state index contributed by atoms with van der Waals surface area (Å²) in [6.45, 7) is 1.68. The molecule has 60 valence electrons. The molecule has 0 amide bonds. The van der Waals surface area contributed by atoms with Crippen LogP contribution in [-0.2, 0) is 9.47 Å². The van der Waals surface area contributed by atoms with Gasteiger partial charge in [0.05, 0.1) is 13.2 Å². The molecular weight excluding hydrogens is 152 g/mol. The molecule has 1 fully saturated rings. The molecule has 1 aliphatic heterocycles. The predicted octanol–water partition coefficient (Wildman–Crippen LogP) is 1.77. The molecule has 0 aliphatic carbocycles. The molecule has 1 aliphatic rings. The van der Waals surface area contributed by atoms with Crippen molar-refractivity contribution in [1.82, 2.24) is 0 Å². The van der Waals surface area contributed by atoms with Crippen molar-refractivity contribution >= 4 is 11.6 Å². The van der Waals surface area contributed by atoms with Gasteiger partial charge in [-0.2, -0.15) is 0 Å². The summed E-state index contributed by atoms with van der Waals surface area (Å²) in [4.78, 5) is 0. The predicted molar refractivity (Wildman–Crippen MR) is 40.3 cm³/mol. The van der Waals surface area contributed by atoms with Crippen LogP contribution in [0.2, 0.25) is 0 Å². The van der Waals surface area contributed by atoms with Crippen molar-refractivity contribution in [2.24, 2.45) is 0 Å². The van der Waals surface area contributed by atoms with Crippen LogP contribution < -0.4 is 0 Å². The van der Waals surface area contributed by atoms with Crippen molar-refractivity contribution in [3.8, 4) is 0 Å². The fourth-order valence-electron chi connectivity index (χ4n) is 0.947. The number of alkyl halides is 1. The zero-order chi connectivity index (χ0) is 7.23. The van der Waals surface area contributed by atoms with Gasteiger partial charge in [-0.05, 0) is 19.3 Å². The third-order valence-corrected chi connectivity index (χ3v) is 1.74. The van der Waals surface area contributed by atoms with E-state index in [9.17, 15) is 0 Å². The molecule has 3 heteroatoms. The highest BCUT2D eigenvalue weighted by molar-refractivity contribution is 6.17. The zero-order valence-corrected chi connectivity index (χ0v) is 6.77. The van der Waals surface area contributed by atoms with E-state index in [1.807, 2.05) is 0 Å². The molecule has 10 heavy (non-hydrogen) atoms. The number of ether oxygens (including phenoxy) is 2. The topological polar surface area (TPSA) is 18.5 Å². The second kappa shape index (κ2) is 4.94. The molecule has 0 aromatic heterocycles. The van der Waals surface area contributed by atoms with E-state index in [4.69, 9.17) is 21.1 Å². The molecule has 0 saturated carbocycles. The summed E-state index contributed by atoms with van der Waals surface area (Å²) in [6.07, 6.45) is 2.96. The molecule has 0 N–H and O–H groups in total. The standard InChI is InChI=1S/C7H13ClO2/c8-4-1-3-7-9-5-2-6-10-7/h7H,1-6H2. The summed E-state index contributed by atoms with van der Waals surface area (Å²) in [7, 11) is 0. The monoisotopic (exact) mass is 164 g/mol. The van der Waals surface area contributed by atoms with Gasteiger partial charge in [-0.25, -0.2) is 0 Å². The first-order valence-electron chi connectivity index (χ1n) is 3.72. The van der Waals surface area contributed by atoms with Gasteiger partial charge in [0.2, 0.25) is 0 Å². The SMILES string of the molecule is ClCCCC1OCCCO1.